The van der Waals surface area contributed by atoms with E-state index in [1.807, 2.05) is 11.0 Å². The van der Waals surface area contributed by atoms with Gasteiger partial charge in [0.25, 0.3) is 0 Å². The summed E-state index contributed by atoms with van der Waals surface area (Å²) in [6, 6.07) is 8.49. The molecule has 0 radical (unpaired) electrons. The molecule has 1 heterocycles. The first-order chi connectivity index (χ1) is 10.2. The van der Waals surface area contributed by atoms with Crippen LogP contribution in [0.2, 0.25) is 0 Å². The molecule has 0 saturated carbocycles. The maximum atomic E-state index is 13.0. The number of alkyl halides is 1. The average molecular weight is 308 g/mol. The van der Waals surface area contributed by atoms with Gasteiger partial charge in [-0.15, -0.1) is 11.6 Å². The van der Waals surface area contributed by atoms with E-state index in [4.69, 9.17) is 16.3 Å². The molecule has 3 unspecified atom stereocenters. The van der Waals surface area contributed by atoms with Gasteiger partial charge in [-0.2, -0.15) is 0 Å². The molecule has 0 bridgehead atoms. The third-order valence-corrected chi connectivity index (χ3v) is 4.97. The van der Waals surface area contributed by atoms with Gasteiger partial charge in [-0.05, 0) is 37.3 Å². The maximum Gasteiger partial charge on any atom is 0.230 e. The number of carbonyl (C=O) groups is 1. The number of halogens is 1. The first-order valence-corrected chi connectivity index (χ1v) is 8.30. The molecule has 114 valence electrons. The Morgan fingerprint density at radius 2 is 2.24 bits per heavy atom. The lowest BCUT2D eigenvalue weighted by Gasteiger charge is -2.40. The number of aryl methyl sites for hydroxylation is 1. The van der Waals surface area contributed by atoms with Gasteiger partial charge in [0.1, 0.15) is 0 Å². The molecule has 21 heavy (non-hydrogen) atoms. The molecule has 1 aromatic carbocycles. The fraction of sp³-hybridized carbons (Fsp3) is 0.588. The third-order valence-electron chi connectivity index (χ3n) is 4.63. The first-order valence-electron chi connectivity index (χ1n) is 7.76. The van der Waals surface area contributed by atoms with Crippen molar-refractivity contribution in [3.63, 3.8) is 0 Å². The Balaban J connectivity index is 1.82. The van der Waals surface area contributed by atoms with Gasteiger partial charge in [-0.3, -0.25) is 4.79 Å². The molecule has 0 N–H and O–H groups in total. The van der Waals surface area contributed by atoms with Crippen molar-refractivity contribution in [1.29, 1.82) is 0 Å². The zero-order valence-corrected chi connectivity index (χ0v) is 13.2. The molecular weight excluding hydrogens is 286 g/mol. The topological polar surface area (TPSA) is 29.5 Å². The molecule has 1 amide bonds. The van der Waals surface area contributed by atoms with Crippen LogP contribution in [0.25, 0.3) is 0 Å². The summed E-state index contributed by atoms with van der Waals surface area (Å²) in [5.74, 6) is 0.692. The lowest BCUT2D eigenvalue weighted by molar-refractivity contribution is -0.145. The van der Waals surface area contributed by atoms with Crippen LogP contribution in [0.1, 0.15) is 36.8 Å². The number of hydrogen-bond donors (Lipinski definition) is 0. The Kier molecular flexibility index (Phi) is 4.51. The fourth-order valence-corrected chi connectivity index (χ4v) is 3.62. The number of carbonyl (C=O) groups excluding carboxylic acids is 1. The highest BCUT2D eigenvalue weighted by molar-refractivity contribution is 6.18. The number of morpholine rings is 1. The van der Waals surface area contributed by atoms with E-state index in [-0.39, 0.29) is 24.0 Å². The number of nitrogens with zero attached hydrogens (tertiary/aromatic N) is 1. The molecule has 1 saturated heterocycles. The number of ether oxygens (including phenoxy) is 1. The Labute approximate surface area is 131 Å². The van der Waals surface area contributed by atoms with E-state index in [0.29, 0.717) is 19.0 Å². The lowest BCUT2D eigenvalue weighted by atomic mass is 9.82. The molecule has 0 aromatic heterocycles. The second-order valence-electron chi connectivity index (χ2n) is 6.09. The number of fused-ring (bicyclic) bond motifs is 1. The highest BCUT2D eigenvalue weighted by Gasteiger charge is 2.35. The lowest BCUT2D eigenvalue weighted by Crippen LogP contribution is -2.53. The van der Waals surface area contributed by atoms with Crippen LogP contribution in [0.4, 0.5) is 0 Å². The summed E-state index contributed by atoms with van der Waals surface area (Å²) in [7, 11) is 0. The van der Waals surface area contributed by atoms with Gasteiger partial charge in [0.05, 0.1) is 30.6 Å². The SMILES string of the molecule is CC1COC(CCl)CN1C(=O)C1CCCc2ccccc21. The molecule has 1 aliphatic carbocycles. The molecule has 3 nitrogen and oxygen atoms in total. The highest BCUT2D eigenvalue weighted by atomic mass is 35.5. The van der Waals surface area contributed by atoms with Gasteiger partial charge in [-0.25, -0.2) is 0 Å². The quantitative estimate of drug-likeness (QED) is 0.786. The van der Waals surface area contributed by atoms with E-state index in [9.17, 15) is 4.79 Å². The highest BCUT2D eigenvalue weighted by Crippen LogP contribution is 2.34. The molecule has 0 spiro atoms. The van der Waals surface area contributed by atoms with Gasteiger partial charge in [-0.1, -0.05) is 24.3 Å². The van der Waals surface area contributed by atoms with E-state index >= 15 is 0 Å². The van der Waals surface area contributed by atoms with E-state index in [0.717, 1.165) is 19.3 Å². The van der Waals surface area contributed by atoms with E-state index in [1.54, 1.807) is 0 Å². The zero-order chi connectivity index (χ0) is 14.8. The normalized spacial score (nSPS) is 29.0. The summed E-state index contributed by atoms with van der Waals surface area (Å²) in [6.45, 7) is 3.25. The largest absolute Gasteiger partial charge is 0.373 e. The van der Waals surface area contributed by atoms with Crippen LogP contribution in [0.5, 0.6) is 0 Å². The van der Waals surface area contributed by atoms with Crippen molar-refractivity contribution in [1.82, 2.24) is 4.90 Å². The molecule has 1 aromatic rings. The Morgan fingerprint density at radius 3 is 3.05 bits per heavy atom. The third kappa shape index (κ3) is 2.95. The summed E-state index contributed by atoms with van der Waals surface area (Å²) in [5, 5.41) is 0. The molecule has 4 heteroatoms. The van der Waals surface area contributed by atoms with E-state index in [2.05, 4.69) is 25.1 Å². The van der Waals surface area contributed by atoms with Crippen molar-refractivity contribution in [2.75, 3.05) is 19.0 Å². The summed E-state index contributed by atoms with van der Waals surface area (Å²) in [4.78, 5) is 15.0. The van der Waals surface area contributed by atoms with Crippen molar-refractivity contribution in [3.05, 3.63) is 35.4 Å². The number of hydrogen-bond acceptors (Lipinski definition) is 2. The van der Waals surface area contributed by atoms with Gasteiger partial charge in [0.15, 0.2) is 0 Å². The average Bonchev–Trinajstić information content (AvgIpc) is 2.54. The van der Waals surface area contributed by atoms with Crippen LogP contribution in [0, 0.1) is 0 Å². The van der Waals surface area contributed by atoms with Crippen molar-refractivity contribution in [2.24, 2.45) is 0 Å². The second-order valence-corrected chi connectivity index (χ2v) is 6.40. The zero-order valence-electron chi connectivity index (χ0n) is 12.4. The van der Waals surface area contributed by atoms with Crippen LogP contribution >= 0.6 is 11.6 Å². The molecule has 3 atom stereocenters. The van der Waals surface area contributed by atoms with Crippen LogP contribution in [-0.2, 0) is 16.0 Å². The monoisotopic (exact) mass is 307 g/mol. The number of amides is 1. The molecular formula is C17H22ClNO2. The number of rotatable bonds is 2. The van der Waals surface area contributed by atoms with E-state index in [1.165, 1.54) is 11.1 Å². The molecule has 2 aliphatic rings. The molecule has 3 rings (SSSR count). The van der Waals surface area contributed by atoms with Crippen LogP contribution in [0.15, 0.2) is 24.3 Å². The summed E-state index contributed by atoms with van der Waals surface area (Å²) < 4.78 is 5.65. The Bertz CT molecular complexity index is 519. The van der Waals surface area contributed by atoms with Gasteiger partial charge in [0.2, 0.25) is 5.91 Å². The van der Waals surface area contributed by atoms with Gasteiger partial charge >= 0.3 is 0 Å². The Morgan fingerprint density at radius 1 is 1.43 bits per heavy atom. The minimum atomic E-state index is -0.0364. The second kappa shape index (κ2) is 6.37. The summed E-state index contributed by atoms with van der Waals surface area (Å²) in [6.07, 6.45) is 3.09. The summed E-state index contributed by atoms with van der Waals surface area (Å²) >= 11 is 5.90. The molecule has 1 aliphatic heterocycles. The minimum absolute atomic E-state index is 0.00600. The maximum absolute atomic E-state index is 13.0. The van der Waals surface area contributed by atoms with Crippen LogP contribution in [-0.4, -0.2) is 42.0 Å². The predicted octanol–water partition coefficient (Wildman–Crippen LogP) is 2.96. The van der Waals surface area contributed by atoms with Crippen LogP contribution < -0.4 is 0 Å². The standard InChI is InChI=1S/C17H22ClNO2/c1-12-11-21-14(9-18)10-19(12)17(20)16-8-4-6-13-5-2-3-7-15(13)16/h2-3,5,7,12,14,16H,4,6,8-11H2,1H3. The van der Waals surface area contributed by atoms with Crippen molar-refractivity contribution in [2.45, 2.75) is 44.2 Å². The van der Waals surface area contributed by atoms with Gasteiger partial charge < -0.3 is 9.64 Å². The van der Waals surface area contributed by atoms with Crippen molar-refractivity contribution >= 4 is 17.5 Å². The predicted molar refractivity (Wildman–Crippen MR) is 83.8 cm³/mol. The molecule has 1 fully saturated rings. The van der Waals surface area contributed by atoms with Crippen LogP contribution in [0.3, 0.4) is 0 Å². The Hall–Kier alpha value is -1.06. The van der Waals surface area contributed by atoms with E-state index < -0.39 is 0 Å². The smallest absolute Gasteiger partial charge is 0.230 e. The fourth-order valence-electron chi connectivity index (χ4n) is 3.43. The summed E-state index contributed by atoms with van der Waals surface area (Å²) in [5.41, 5.74) is 2.55. The number of benzene rings is 1. The van der Waals surface area contributed by atoms with Crippen molar-refractivity contribution in [3.8, 4) is 0 Å². The van der Waals surface area contributed by atoms with Crippen molar-refractivity contribution < 1.29 is 9.53 Å². The first kappa shape index (κ1) is 14.9. The van der Waals surface area contributed by atoms with Gasteiger partial charge in [0, 0.05) is 6.54 Å². The minimum Gasteiger partial charge on any atom is -0.373 e.